The molecule has 7 heteroatoms. The van der Waals surface area contributed by atoms with Crippen LogP contribution in [-0.4, -0.2) is 30.8 Å². The summed E-state index contributed by atoms with van der Waals surface area (Å²) in [6.07, 6.45) is 6.64. The van der Waals surface area contributed by atoms with E-state index >= 15 is 0 Å². The zero-order chi connectivity index (χ0) is 18.6. The van der Waals surface area contributed by atoms with Crippen LogP contribution >= 0.6 is 11.8 Å². The Hall–Kier alpha value is -1.44. The summed E-state index contributed by atoms with van der Waals surface area (Å²) in [5, 5.41) is 0.744. The number of pyridine rings is 1. The number of benzene rings is 1. The van der Waals surface area contributed by atoms with Crippen LogP contribution in [0.1, 0.15) is 37.7 Å². The topological polar surface area (TPSA) is 50.3 Å². The van der Waals surface area contributed by atoms with E-state index in [1.54, 1.807) is 31.3 Å². The van der Waals surface area contributed by atoms with E-state index in [0.29, 0.717) is 5.75 Å². The Kier molecular flexibility index (Phi) is 6.32. The molecule has 140 valence electrons. The molecule has 1 fully saturated rings. The van der Waals surface area contributed by atoms with Crippen molar-refractivity contribution in [3.63, 3.8) is 0 Å². The van der Waals surface area contributed by atoms with Crippen molar-refractivity contribution >= 4 is 21.8 Å². The predicted octanol–water partition coefficient (Wildman–Crippen LogP) is 4.47. The highest BCUT2D eigenvalue weighted by molar-refractivity contribution is 7.98. The van der Waals surface area contributed by atoms with E-state index in [-0.39, 0.29) is 16.8 Å². The summed E-state index contributed by atoms with van der Waals surface area (Å²) in [5.41, 5.74) is 0.993. The molecule has 0 atom stereocenters. The molecule has 0 saturated heterocycles. The molecule has 0 radical (unpaired) electrons. The zero-order valence-electron chi connectivity index (χ0n) is 14.8. The molecule has 4 nitrogen and oxygen atoms in total. The van der Waals surface area contributed by atoms with Crippen LogP contribution in [-0.2, 0) is 15.8 Å². The molecule has 1 aliphatic rings. The number of hydrogen-bond donors (Lipinski definition) is 0. The molecule has 1 aliphatic carbocycles. The Morgan fingerprint density at radius 3 is 2.42 bits per heavy atom. The van der Waals surface area contributed by atoms with Crippen molar-refractivity contribution in [2.45, 2.75) is 53.8 Å². The highest BCUT2D eigenvalue weighted by Gasteiger charge is 2.29. The molecular weight excluding hydrogens is 371 g/mol. The lowest BCUT2D eigenvalue weighted by Gasteiger charge is -2.30. The molecule has 0 spiro atoms. The average Bonchev–Trinajstić information content (AvgIpc) is 2.68. The van der Waals surface area contributed by atoms with Crippen LogP contribution in [0.5, 0.6) is 0 Å². The summed E-state index contributed by atoms with van der Waals surface area (Å²) in [7, 11) is -1.84. The molecule has 1 heterocycles. The summed E-state index contributed by atoms with van der Waals surface area (Å²) in [6, 6.07) is 9.77. The van der Waals surface area contributed by atoms with E-state index in [1.165, 1.54) is 40.8 Å². The predicted molar refractivity (Wildman–Crippen MR) is 102 cm³/mol. The number of thioether (sulfide) groups is 1. The molecule has 0 bridgehead atoms. The van der Waals surface area contributed by atoms with Gasteiger partial charge in [0.2, 0.25) is 10.0 Å². The van der Waals surface area contributed by atoms with Gasteiger partial charge >= 0.3 is 0 Å². The molecular formula is C19H23FN2O2S2. The second-order valence-electron chi connectivity index (χ2n) is 6.56. The summed E-state index contributed by atoms with van der Waals surface area (Å²) in [4.78, 5) is 4.52. The lowest BCUT2D eigenvalue weighted by molar-refractivity contribution is 0.285. The minimum Gasteiger partial charge on any atom is -0.249 e. The second kappa shape index (κ2) is 8.50. The maximum Gasteiger partial charge on any atom is 0.244 e. The van der Waals surface area contributed by atoms with Gasteiger partial charge < -0.3 is 0 Å². The van der Waals surface area contributed by atoms with Gasteiger partial charge in [-0.2, -0.15) is 4.31 Å². The van der Waals surface area contributed by atoms with Crippen LogP contribution in [0.15, 0.2) is 52.5 Å². The van der Waals surface area contributed by atoms with E-state index in [0.717, 1.165) is 36.3 Å². The molecule has 1 aromatic heterocycles. The van der Waals surface area contributed by atoms with Crippen molar-refractivity contribution in [1.82, 2.24) is 9.29 Å². The summed E-state index contributed by atoms with van der Waals surface area (Å²) in [6.45, 7) is 0. The van der Waals surface area contributed by atoms with Gasteiger partial charge in [0.1, 0.15) is 10.7 Å². The molecule has 0 aliphatic heterocycles. The molecule has 2 aromatic rings. The molecule has 0 unspecified atom stereocenters. The van der Waals surface area contributed by atoms with Crippen molar-refractivity contribution in [2.24, 2.45) is 0 Å². The monoisotopic (exact) mass is 394 g/mol. The Bertz CT molecular complexity index is 818. The smallest absolute Gasteiger partial charge is 0.244 e. The molecule has 0 N–H and O–H groups in total. The van der Waals surface area contributed by atoms with Crippen LogP contribution in [0.2, 0.25) is 0 Å². The first-order valence-corrected chi connectivity index (χ1v) is 11.2. The van der Waals surface area contributed by atoms with Gasteiger partial charge in [0.05, 0.1) is 5.03 Å². The Labute approximate surface area is 158 Å². The van der Waals surface area contributed by atoms with Gasteiger partial charge in [-0.1, -0.05) is 31.4 Å². The Morgan fingerprint density at radius 1 is 1.12 bits per heavy atom. The summed E-state index contributed by atoms with van der Waals surface area (Å²) < 4.78 is 40.0. The quantitative estimate of drug-likeness (QED) is 0.679. The van der Waals surface area contributed by atoms with Crippen LogP contribution < -0.4 is 0 Å². The van der Waals surface area contributed by atoms with Crippen LogP contribution in [0.3, 0.4) is 0 Å². The average molecular weight is 395 g/mol. The molecule has 3 rings (SSSR count). The van der Waals surface area contributed by atoms with Crippen LogP contribution in [0.25, 0.3) is 0 Å². The minimum absolute atomic E-state index is 0.0845. The molecule has 26 heavy (non-hydrogen) atoms. The van der Waals surface area contributed by atoms with Gasteiger partial charge in [0.25, 0.3) is 0 Å². The number of halogens is 1. The van der Waals surface area contributed by atoms with E-state index in [2.05, 4.69) is 4.98 Å². The van der Waals surface area contributed by atoms with Crippen molar-refractivity contribution in [1.29, 1.82) is 0 Å². The van der Waals surface area contributed by atoms with Gasteiger partial charge in [-0.3, -0.25) is 0 Å². The normalized spacial score (nSPS) is 16.1. The Morgan fingerprint density at radius 2 is 1.81 bits per heavy atom. The van der Waals surface area contributed by atoms with Gasteiger partial charge in [-0.15, -0.1) is 11.8 Å². The largest absolute Gasteiger partial charge is 0.249 e. The number of nitrogens with zero attached hydrogens (tertiary/aromatic N) is 2. The first-order valence-electron chi connectivity index (χ1n) is 8.78. The SMILES string of the molecule is CN(C1CCCCC1)S(=O)(=O)c1ccc(SCc2ccc(F)cc2)nc1. The fraction of sp³-hybridized carbons (Fsp3) is 0.421. The van der Waals surface area contributed by atoms with Gasteiger partial charge in [0, 0.05) is 25.0 Å². The first-order chi connectivity index (χ1) is 12.5. The number of sulfonamides is 1. The van der Waals surface area contributed by atoms with Crippen molar-refractivity contribution in [3.05, 3.63) is 54.0 Å². The van der Waals surface area contributed by atoms with Gasteiger partial charge in [0.15, 0.2) is 0 Å². The van der Waals surface area contributed by atoms with E-state index in [1.807, 2.05) is 0 Å². The van der Waals surface area contributed by atoms with Crippen LogP contribution in [0.4, 0.5) is 4.39 Å². The number of aromatic nitrogens is 1. The number of rotatable bonds is 6. The molecule has 1 saturated carbocycles. The summed E-state index contributed by atoms with van der Waals surface area (Å²) in [5.74, 6) is 0.398. The van der Waals surface area contributed by atoms with Crippen LogP contribution in [0, 0.1) is 5.82 Å². The first kappa shape index (κ1) is 19.3. The third-order valence-corrected chi connectivity index (χ3v) is 7.68. The molecule has 0 amide bonds. The lowest BCUT2D eigenvalue weighted by atomic mass is 9.96. The lowest BCUT2D eigenvalue weighted by Crippen LogP contribution is -2.38. The highest BCUT2D eigenvalue weighted by Crippen LogP contribution is 2.27. The standard InChI is InChI=1S/C19H23FN2O2S2/c1-22(17-5-3-2-4-6-17)26(23,24)18-11-12-19(21-13-18)25-14-15-7-9-16(20)10-8-15/h7-13,17H,2-6,14H2,1H3. The van der Waals surface area contributed by atoms with E-state index in [4.69, 9.17) is 0 Å². The second-order valence-corrected chi connectivity index (χ2v) is 9.55. The fourth-order valence-electron chi connectivity index (χ4n) is 3.15. The third-order valence-electron chi connectivity index (χ3n) is 4.78. The van der Waals surface area contributed by atoms with Crippen molar-refractivity contribution in [3.8, 4) is 0 Å². The third kappa shape index (κ3) is 4.64. The maximum atomic E-state index is 12.9. The number of hydrogen-bond acceptors (Lipinski definition) is 4. The molecule has 1 aromatic carbocycles. The van der Waals surface area contributed by atoms with E-state index in [9.17, 15) is 12.8 Å². The fourth-order valence-corrected chi connectivity index (χ4v) is 5.31. The van der Waals surface area contributed by atoms with Gasteiger partial charge in [-0.05, 0) is 42.7 Å². The van der Waals surface area contributed by atoms with Gasteiger partial charge in [-0.25, -0.2) is 17.8 Å². The van der Waals surface area contributed by atoms with E-state index < -0.39 is 10.0 Å². The maximum absolute atomic E-state index is 12.9. The zero-order valence-corrected chi connectivity index (χ0v) is 16.4. The van der Waals surface area contributed by atoms with Crippen molar-refractivity contribution in [2.75, 3.05) is 7.05 Å². The van der Waals surface area contributed by atoms with Crippen molar-refractivity contribution < 1.29 is 12.8 Å². The highest BCUT2D eigenvalue weighted by atomic mass is 32.2. The Balaban J connectivity index is 1.65. The summed E-state index contributed by atoms with van der Waals surface area (Å²) >= 11 is 1.49. The minimum atomic E-state index is -3.51.